The molecule has 30 heavy (non-hydrogen) atoms. The van der Waals surface area contributed by atoms with Gasteiger partial charge in [0.25, 0.3) is 5.91 Å². The van der Waals surface area contributed by atoms with Crippen molar-refractivity contribution in [3.05, 3.63) is 35.4 Å². The van der Waals surface area contributed by atoms with Crippen molar-refractivity contribution in [1.82, 2.24) is 15.5 Å². The lowest BCUT2D eigenvalue weighted by molar-refractivity contribution is -0.137. The second-order valence-electron chi connectivity index (χ2n) is 8.69. The summed E-state index contributed by atoms with van der Waals surface area (Å²) in [5.74, 6) is 0.753. The summed E-state index contributed by atoms with van der Waals surface area (Å²) >= 11 is 0. The Bertz CT molecular complexity index is 747. The highest BCUT2D eigenvalue weighted by molar-refractivity contribution is 5.91. The maximum absolute atomic E-state index is 12.5. The molecule has 3 rings (SSSR count). The third-order valence-electron chi connectivity index (χ3n) is 6.03. The summed E-state index contributed by atoms with van der Waals surface area (Å²) in [7, 11) is 0. The molecule has 0 radical (unpaired) electrons. The van der Waals surface area contributed by atoms with E-state index in [4.69, 9.17) is 4.74 Å². The van der Waals surface area contributed by atoms with Gasteiger partial charge in [0.1, 0.15) is 0 Å². The van der Waals surface area contributed by atoms with Crippen LogP contribution in [0.25, 0.3) is 0 Å². The zero-order chi connectivity index (χ0) is 21.5. The fourth-order valence-corrected chi connectivity index (χ4v) is 4.38. The van der Waals surface area contributed by atoms with Crippen LogP contribution in [0, 0.1) is 11.8 Å². The first-order chi connectivity index (χ1) is 14.4. The summed E-state index contributed by atoms with van der Waals surface area (Å²) in [6.07, 6.45) is 6.12. The number of ether oxygens (including phenoxy) is 1. The summed E-state index contributed by atoms with van der Waals surface area (Å²) in [5.41, 5.74) is 1.26. The van der Waals surface area contributed by atoms with E-state index in [1.165, 1.54) is 25.7 Å². The zero-order valence-corrected chi connectivity index (χ0v) is 18.0. The Morgan fingerprint density at radius 2 is 1.77 bits per heavy atom. The lowest BCUT2D eigenvalue weighted by atomic mass is 9.75. The van der Waals surface area contributed by atoms with E-state index in [0.717, 1.165) is 31.0 Å². The van der Waals surface area contributed by atoms with Crippen molar-refractivity contribution in [2.75, 3.05) is 19.7 Å². The van der Waals surface area contributed by atoms with Crippen LogP contribution in [-0.4, -0.2) is 48.5 Å². The van der Waals surface area contributed by atoms with Crippen molar-refractivity contribution in [3.8, 4) is 0 Å². The number of fused-ring (bicyclic) bond motifs is 1. The molecule has 1 aliphatic carbocycles. The van der Waals surface area contributed by atoms with Crippen LogP contribution in [-0.2, 0) is 16.1 Å². The van der Waals surface area contributed by atoms with E-state index in [1.54, 1.807) is 24.3 Å². The number of amides is 3. The Labute approximate surface area is 178 Å². The minimum absolute atomic E-state index is 0.0684. The van der Waals surface area contributed by atoms with Crippen molar-refractivity contribution in [1.29, 1.82) is 0 Å². The third kappa shape index (κ3) is 6.21. The van der Waals surface area contributed by atoms with Crippen LogP contribution in [0.3, 0.4) is 0 Å². The van der Waals surface area contributed by atoms with E-state index in [-0.39, 0.29) is 24.6 Å². The first-order valence-electron chi connectivity index (χ1n) is 11.0. The third-order valence-corrected chi connectivity index (χ3v) is 6.03. The predicted molar refractivity (Wildman–Crippen MR) is 114 cm³/mol. The highest BCUT2D eigenvalue weighted by atomic mass is 16.5. The summed E-state index contributed by atoms with van der Waals surface area (Å²) < 4.78 is 5.25. The molecule has 0 unspecified atom stereocenters. The van der Waals surface area contributed by atoms with Crippen LogP contribution >= 0.6 is 0 Å². The Morgan fingerprint density at radius 1 is 1.07 bits per heavy atom. The number of rotatable bonds is 6. The van der Waals surface area contributed by atoms with Crippen LogP contribution in [0.5, 0.6) is 0 Å². The number of benzene rings is 1. The van der Waals surface area contributed by atoms with Gasteiger partial charge in [-0.15, -0.1) is 0 Å². The van der Waals surface area contributed by atoms with E-state index in [0.29, 0.717) is 18.0 Å². The van der Waals surface area contributed by atoms with Crippen LogP contribution in [0.4, 0.5) is 4.79 Å². The molecule has 2 fully saturated rings. The average Bonchev–Trinajstić information content (AvgIpc) is 2.75. The second kappa shape index (κ2) is 10.5. The molecule has 0 spiro atoms. The topological polar surface area (TPSA) is 87.7 Å². The standard InChI is InChI=1S/C23H33N3O4/c1-16(2)25-23(29)24-13-17-7-9-19(10-8-17)22(28)30-15-21(27)26-12-11-18-5-3-4-6-20(18)14-26/h7-10,16,18,20H,3-6,11-15H2,1-2H3,(H2,24,25,29)/t18-,20+/m1/s1. The number of urea groups is 1. The van der Waals surface area contributed by atoms with Crippen molar-refractivity contribution >= 4 is 17.9 Å². The Balaban J connectivity index is 1.42. The molecule has 1 aromatic rings. The van der Waals surface area contributed by atoms with Crippen molar-refractivity contribution in [3.63, 3.8) is 0 Å². The maximum Gasteiger partial charge on any atom is 0.338 e. The molecule has 2 aliphatic rings. The smallest absolute Gasteiger partial charge is 0.338 e. The lowest BCUT2D eigenvalue weighted by Gasteiger charge is -2.41. The maximum atomic E-state index is 12.5. The molecular weight excluding hydrogens is 382 g/mol. The molecule has 3 amide bonds. The molecule has 0 aromatic heterocycles. The molecule has 1 aromatic carbocycles. The van der Waals surface area contributed by atoms with Gasteiger partial charge in [0.2, 0.25) is 0 Å². The van der Waals surface area contributed by atoms with Crippen molar-refractivity contribution in [2.45, 2.75) is 58.5 Å². The molecule has 1 saturated heterocycles. The second-order valence-corrected chi connectivity index (χ2v) is 8.69. The molecular formula is C23H33N3O4. The van der Waals surface area contributed by atoms with Gasteiger partial charge in [-0.05, 0) is 56.2 Å². The minimum atomic E-state index is -0.507. The number of hydrogen-bond donors (Lipinski definition) is 2. The van der Waals surface area contributed by atoms with Crippen LogP contribution in [0.15, 0.2) is 24.3 Å². The molecule has 1 aliphatic heterocycles. The van der Waals surface area contributed by atoms with Gasteiger partial charge in [-0.2, -0.15) is 0 Å². The summed E-state index contributed by atoms with van der Waals surface area (Å²) in [6.45, 7) is 5.50. The first kappa shape index (κ1) is 22.1. The SMILES string of the molecule is CC(C)NC(=O)NCc1ccc(C(=O)OCC(=O)N2CC[C@H]3CCCC[C@H]3C2)cc1. The largest absolute Gasteiger partial charge is 0.452 e. The predicted octanol–water partition coefficient (Wildman–Crippen LogP) is 3.09. The Hall–Kier alpha value is -2.57. The van der Waals surface area contributed by atoms with Crippen LogP contribution in [0.2, 0.25) is 0 Å². The zero-order valence-electron chi connectivity index (χ0n) is 18.0. The van der Waals surface area contributed by atoms with Gasteiger partial charge in [-0.1, -0.05) is 31.4 Å². The molecule has 7 heteroatoms. The minimum Gasteiger partial charge on any atom is -0.452 e. The summed E-state index contributed by atoms with van der Waals surface area (Å²) in [4.78, 5) is 38.3. The molecule has 0 bridgehead atoms. The molecule has 164 valence electrons. The van der Waals surface area contributed by atoms with E-state index < -0.39 is 5.97 Å². The van der Waals surface area contributed by atoms with E-state index in [1.807, 2.05) is 18.7 Å². The van der Waals surface area contributed by atoms with Gasteiger partial charge in [0, 0.05) is 25.7 Å². The molecule has 2 atom stereocenters. The lowest BCUT2D eigenvalue weighted by Crippen LogP contribution is -2.46. The number of carbonyl (C=O) groups is 3. The van der Waals surface area contributed by atoms with Crippen LogP contribution < -0.4 is 10.6 Å². The van der Waals surface area contributed by atoms with Gasteiger partial charge < -0.3 is 20.3 Å². The number of nitrogens with one attached hydrogen (secondary N) is 2. The molecule has 2 N–H and O–H groups in total. The Morgan fingerprint density at radius 3 is 2.47 bits per heavy atom. The summed E-state index contributed by atoms with van der Waals surface area (Å²) in [5, 5.41) is 5.51. The number of carbonyl (C=O) groups excluding carboxylic acids is 3. The first-order valence-corrected chi connectivity index (χ1v) is 11.0. The molecule has 7 nitrogen and oxygen atoms in total. The van der Waals surface area contributed by atoms with Gasteiger partial charge in [0.05, 0.1) is 5.56 Å². The van der Waals surface area contributed by atoms with E-state index in [9.17, 15) is 14.4 Å². The van der Waals surface area contributed by atoms with Gasteiger partial charge in [-0.3, -0.25) is 4.79 Å². The van der Waals surface area contributed by atoms with Gasteiger partial charge >= 0.3 is 12.0 Å². The average molecular weight is 416 g/mol. The number of nitrogens with zero attached hydrogens (tertiary/aromatic N) is 1. The van der Waals surface area contributed by atoms with E-state index >= 15 is 0 Å². The normalized spacial score (nSPS) is 21.0. The van der Waals surface area contributed by atoms with Crippen molar-refractivity contribution in [2.24, 2.45) is 11.8 Å². The number of hydrogen-bond acceptors (Lipinski definition) is 4. The number of piperidine rings is 1. The summed E-state index contributed by atoms with van der Waals surface area (Å²) in [6, 6.07) is 6.67. The Kier molecular flexibility index (Phi) is 7.71. The fraction of sp³-hybridized carbons (Fsp3) is 0.609. The fourth-order valence-electron chi connectivity index (χ4n) is 4.38. The van der Waals surface area contributed by atoms with Crippen molar-refractivity contribution < 1.29 is 19.1 Å². The molecule has 1 saturated carbocycles. The van der Waals surface area contributed by atoms with E-state index in [2.05, 4.69) is 10.6 Å². The quantitative estimate of drug-likeness (QED) is 0.699. The van der Waals surface area contributed by atoms with Gasteiger partial charge in [0.15, 0.2) is 6.61 Å². The molecule has 1 heterocycles. The van der Waals surface area contributed by atoms with Crippen LogP contribution in [0.1, 0.15) is 61.9 Å². The van der Waals surface area contributed by atoms with Gasteiger partial charge in [-0.25, -0.2) is 9.59 Å². The highest BCUT2D eigenvalue weighted by Gasteiger charge is 2.33. The monoisotopic (exact) mass is 415 g/mol. The number of esters is 1. The number of likely N-dealkylation sites (tertiary alicyclic amines) is 1. The highest BCUT2D eigenvalue weighted by Crippen LogP contribution is 2.36.